The molecule has 0 amide bonds. The number of para-hydroxylation sites is 1. The van der Waals surface area contributed by atoms with Gasteiger partial charge in [0.25, 0.3) is 0 Å². The molecule has 18 heavy (non-hydrogen) atoms. The van der Waals surface area contributed by atoms with Gasteiger partial charge in [0.2, 0.25) is 0 Å². The maximum Gasteiger partial charge on any atom is 0.354 e. The minimum Gasteiger partial charge on any atom is -0.477 e. The van der Waals surface area contributed by atoms with Crippen LogP contribution in [0, 0.1) is 0 Å². The summed E-state index contributed by atoms with van der Waals surface area (Å²) in [5, 5.41) is 9.93. The fraction of sp³-hybridized carbons (Fsp3) is 0. The van der Waals surface area contributed by atoms with Crippen molar-refractivity contribution in [3.8, 4) is 11.3 Å². The molecule has 2 aromatic heterocycles. The van der Waals surface area contributed by atoms with Crippen LogP contribution in [0.4, 0.5) is 0 Å². The SMILES string of the molecule is O=C(O)c1cc(-c2c[nH]c3ccccc23)ncn1. The summed E-state index contributed by atoms with van der Waals surface area (Å²) in [5.74, 6) is -1.06. The zero-order valence-corrected chi connectivity index (χ0v) is 9.29. The lowest BCUT2D eigenvalue weighted by Crippen LogP contribution is -2.00. The van der Waals surface area contributed by atoms with E-state index in [9.17, 15) is 4.79 Å². The van der Waals surface area contributed by atoms with Gasteiger partial charge in [-0.05, 0) is 12.1 Å². The number of fused-ring (bicyclic) bond motifs is 1. The molecule has 0 saturated carbocycles. The van der Waals surface area contributed by atoms with Gasteiger partial charge in [-0.1, -0.05) is 18.2 Å². The van der Waals surface area contributed by atoms with Gasteiger partial charge in [-0.2, -0.15) is 0 Å². The molecule has 3 rings (SSSR count). The van der Waals surface area contributed by atoms with Crippen molar-refractivity contribution in [1.29, 1.82) is 0 Å². The minimum atomic E-state index is -1.06. The Kier molecular flexibility index (Phi) is 2.30. The average Bonchev–Trinajstić information content (AvgIpc) is 2.82. The second kappa shape index (κ2) is 3.96. The van der Waals surface area contributed by atoms with Gasteiger partial charge in [0, 0.05) is 22.7 Å². The van der Waals surface area contributed by atoms with E-state index in [4.69, 9.17) is 5.11 Å². The van der Waals surface area contributed by atoms with Crippen LogP contribution in [0.1, 0.15) is 10.5 Å². The van der Waals surface area contributed by atoms with Crippen LogP contribution in [0.5, 0.6) is 0 Å². The highest BCUT2D eigenvalue weighted by Crippen LogP contribution is 2.26. The third-order valence-electron chi connectivity index (χ3n) is 2.75. The van der Waals surface area contributed by atoms with Crippen LogP contribution in [0.25, 0.3) is 22.2 Å². The molecule has 2 N–H and O–H groups in total. The monoisotopic (exact) mass is 239 g/mol. The molecule has 0 spiro atoms. The third-order valence-corrected chi connectivity index (χ3v) is 2.75. The number of benzene rings is 1. The number of carboxylic acid groups (broad SMARTS) is 1. The predicted octanol–water partition coefficient (Wildman–Crippen LogP) is 2.32. The normalized spacial score (nSPS) is 10.7. The molecule has 1 aromatic carbocycles. The molecule has 0 saturated heterocycles. The topological polar surface area (TPSA) is 78.9 Å². The second-order valence-electron chi connectivity index (χ2n) is 3.84. The van der Waals surface area contributed by atoms with Crippen molar-refractivity contribution in [2.45, 2.75) is 0 Å². The highest BCUT2D eigenvalue weighted by Gasteiger charge is 2.10. The molecular weight excluding hydrogens is 230 g/mol. The van der Waals surface area contributed by atoms with Gasteiger partial charge in [-0.3, -0.25) is 0 Å². The smallest absolute Gasteiger partial charge is 0.354 e. The van der Waals surface area contributed by atoms with Crippen LogP contribution < -0.4 is 0 Å². The van der Waals surface area contributed by atoms with Crippen molar-refractivity contribution < 1.29 is 9.90 Å². The number of carbonyl (C=O) groups is 1. The number of rotatable bonds is 2. The van der Waals surface area contributed by atoms with E-state index in [0.717, 1.165) is 16.5 Å². The van der Waals surface area contributed by atoms with Gasteiger partial charge in [-0.15, -0.1) is 0 Å². The Morgan fingerprint density at radius 1 is 1.22 bits per heavy atom. The van der Waals surface area contributed by atoms with Crippen molar-refractivity contribution in [1.82, 2.24) is 15.0 Å². The highest BCUT2D eigenvalue weighted by atomic mass is 16.4. The van der Waals surface area contributed by atoms with Crippen LogP contribution in [-0.4, -0.2) is 26.0 Å². The van der Waals surface area contributed by atoms with Gasteiger partial charge in [0.1, 0.15) is 6.33 Å². The summed E-state index contributed by atoms with van der Waals surface area (Å²) in [4.78, 5) is 21.8. The van der Waals surface area contributed by atoms with Gasteiger partial charge >= 0.3 is 5.97 Å². The van der Waals surface area contributed by atoms with Gasteiger partial charge in [0.05, 0.1) is 5.69 Å². The van der Waals surface area contributed by atoms with Gasteiger partial charge in [-0.25, -0.2) is 14.8 Å². The van der Waals surface area contributed by atoms with Crippen LogP contribution in [0.15, 0.2) is 42.9 Å². The predicted molar refractivity (Wildman–Crippen MR) is 66.3 cm³/mol. The first kappa shape index (κ1) is 10.5. The summed E-state index contributed by atoms with van der Waals surface area (Å²) < 4.78 is 0. The van der Waals surface area contributed by atoms with Crippen molar-refractivity contribution in [3.05, 3.63) is 48.5 Å². The summed E-state index contributed by atoms with van der Waals surface area (Å²) in [5.41, 5.74) is 2.45. The lowest BCUT2D eigenvalue weighted by atomic mass is 10.1. The molecule has 0 aliphatic rings. The first-order valence-corrected chi connectivity index (χ1v) is 5.37. The van der Waals surface area contributed by atoms with E-state index in [0.29, 0.717) is 5.69 Å². The first-order valence-electron chi connectivity index (χ1n) is 5.37. The van der Waals surface area contributed by atoms with Gasteiger partial charge in [0.15, 0.2) is 5.69 Å². The number of carboxylic acids is 1. The van der Waals surface area contributed by atoms with E-state index >= 15 is 0 Å². The molecule has 5 nitrogen and oxygen atoms in total. The molecule has 2 heterocycles. The number of aromatic amines is 1. The summed E-state index contributed by atoms with van der Waals surface area (Å²) in [6.07, 6.45) is 3.08. The molecule has 0 radical (unpaired) electrons. The molecule has 3 aromatic rings. The zero-order chi connectivity index (χ0) is 12.5. The lowest BCUT2D eigenvalue weighted by molar-refractivity contribution is 0.0690. The van der Waals surface area contributed by atoms with Crippen molar-refractivity contribution in [2.75, 3.05) is 0 Å². The van der Waals surface area contributed by atoms with Crippen molar-refractivity contribution >= 4 is 16.9 Å². The maximum absolute atomic E-state index is 10.9. The van der Waals surface area contributed by atoms with E-state index in [1.807, 2.05) is 30.5 Å². The number of nitrogens with one attached hydrogen (secondary N) is 1. The summed E-state index contributed by atoms with van der Waals surface area (Å²) >= 11 is 0. The summed E-state index contributed by atoms with van der Waals surface area (Å²) in [6, 6.07) is 9.25. The number of hydrogen-bond donors (Lipinski definition) is 2. The largest absolute Gasteiger partial charge is 0.477 e. The standard InChI is InChI=1S/C13H9N3O2/c17-13(18)12-5-11(15-7-16-12)9-6-14-10-4-2-1-3-8(9)10/h1-7,14H,(H,17,18). The molecule has 5 heteroatoms. The van der Waals surface area contributed by atoms with E-state index in [-0.39, 0.29) is 5.69 Å². The van der Waals surface area contributed by atoms with E-state index < -0.39 is 5.97 Å². The number of nitrogens with zero attached hydrogens (tertiary/aromatic N) is 2. The quantitative estimate of drug-likeness (QED) is 0.719. The number of hydrogen-bond acceptors (Lipinski definition) is 3. The molecule has 0 bridgehead atoms. The Morgan fingerprint density at radius 2 is 2.06 bits per heavy atom. The average molecular weight is 239 g/mol. The fourth-order valence-corrected chi connectivity index (χ4v) is 1.90. The van der Waals surface area contributed by atoms with E-state index in [1.165, 1.54) is 12.4 Å². The Balaban J connectivity index is 2.20. The molecular formula is C13H9N3O2. The van der Waals surface area contributed by atoms with E-state index in [1.54, 1.807) is 0 Å². The van der Waals surface area contributed by atoms with E-state index in [2.05, 4.69) is 15.0 Å². The second-order valence-corrected chi connectivity index (χ2v) is 3.84. The number of H-pyrrole nitrogens is 1. The van der Waals surface area contributed by atoms with Gasteiger partial charge < -0.3 is 10.1 Å². The third kappa shape index (κ3) is 1.62. The molecule has 88 valence electrons. The molecule has 0 unspecified atom stereocenters. The Bertz CT molecular complexity index is 734. The first-order chi connectivity index (χ1) is 8.75. The van der Waals surface area contributed by atoms with Crippen LogP contribution >= 0.6 is 0 Å². The van der Waals surface area contributed by atoms with Crippen LogP contribution in [0.2, 0.25) is 0 Å². The van der Waals surface area contributed by atoms with Crippen LogP contribution in [-0.2, 0) is 0 Å². The van der Waals surface area contributed by atoms with Crippen molar-refractivity contribution in [3.63, 3.8) is 0 Å². The Morgan fingerprint density at radius 3 is 2.89 bits per heavy atom. The maximum atomic E-state index is 10.9. The summed E-state index contributed by atoms with van der Waals surface area (Å²) in [6.45, 7) is 0. The van der Waals surface area contributed by atoms with Crippen molar-refractivity contribution in [2.24, 2.45) is 0 Å². The number of aromatic carboxylic acids is 1. The highest BCUT2D eigenvalue weighted by molar-refractivity contribution is 5.95. The Labute approximate surface area is 102 Å². The molecule has 0 atom stereocenters. The molecule has 0 aliphatic carbocycles. The minimum absolute atomic E-state index is 0.00900. The lowest BCUT2D eigenvalue weighted by Gasteiger charge is -1.99. The Hall–Kier alpha value is -2.69. The fourth-order valence-electron chi connectivity index (χ4n) is 1.90. The van der Waals surface area contributed by atoms with Crippen LogP contribution in [0.3, 0.4) is 0 Å². The molecule has 0 fully saturated rings. The summed E-state index contributed by atoms with van der Waals surface area (Å²) in [7, 11) is 0. The zero-order valence-electron chi connectivity index (χ0n) is 9.29. The number of aromatic nitrogens is 3. The molecule has 0 aliphatic heterocycles.